The zero-order chi connectivity index (χ0) is 13.9. The summed E-state index contributed by atoms with van der Waals surface area (Å²) in [4.78, 5) is 11.7. The third-order valence-electron chi connectivity index (χ3n) is 5.75. The first-order valence-electron chi connectivity index (χ1n) is 7.10. The Hall–Kier alpha value is -0.870. The molecule has 2 aliphatic carbocycles. The third-order valence-corrected chi connectivity index (χ3v) is 5.75. The first-order chi connectivity index (χ1) is 8.84. The predicted molar refractivity (Wildman–Crippen MR) is 69.1 cm³/mol. The largest absolute Gasteiger partial charge is 0.458 e. The van der Waals surface area contributed by atoms with Gasteiger partial charge in [0.25, 0.3) is 0 Å². The van der Waals surface area contributed by atoms with Crippen molar-refractivity contribution < 1.29 is 19.7 Å². The summed E-state index contributed by atoms with van der Waals surface area (Å²) in [5.74, 6) is 0.294. The zero-order valence-corrected chi connectivity index (χ0v) is 11.5. The second kappa shape index (κ2) is 4.06. The van der Waals surface area contributed by atoms with E-state index in [2.05, 4.69) is 13.5 Å². The van der Waals surface area contributed by atoms with Gasteiger partial charge in [-0.2, -0.15) is 0 Å². The average Bonchev–Trinajstić information content (AvgIpc) is 2.68. The molecule has 2 saturated carbocycles. The van der Waals surface area contributed by atoms with Crippen LogP contribution in [0.25, 0.3) is 0 Å². The SMILES string of the molecule is C=C1C(=O)OC2CC(C)[C@H]3C[C@H](O)[C@H](O)C3(C)CC12. The average molecular weight is 266 g/mol. The van der Waals surface area contributed by atoms with Gasteiger partial charge in [0.2, 0.25) is 0 Å². The van der Waals surface area contributed by atoms with Crippen LogP contribution in [-0.2, 0) is 9.53 Å². The highest BCUT2D eigenvalue weighted by molar-refractivity contribution is 5.90. The van der Waals surface area contributed by atoms with E-state index in [1.807, 2.05) is 6.92 Å². The number of hydrogen-bond donors (Lipinski definition) is 2. The van der Waals surface area contributed by atoms with Crippen molar-refractivity contribution in [1.29, 1.82) is 0 Å². The van der Waals surface area contributed by atoms with Gasteiger partial charge < -0.3 is 14.9 Å². The Morgan fingerprint density at radius 1 is 1.37 bits per heavy atom. The number of aliphatic hydroxyl groups is 2. The van der Waals surface area contributed by atoms with Gasteiger partial charge >= 0.3 is 5.97 Å². The summed E-state index contributed by atoms with van der Waals surface area (Å²) in [6, 6.07) is 0. The molecule has 3 rings (SSSR count). The molecule has 0 bridgehead atoms. The highest BCUT2D eigenvalue weighted by Gasteiger charge is 2.58. The first kappa shape index (κ1) is 13.1. The Balaban J connectivity index is 1.97. The first-order valence-corrected chi connectivity index (χ1v) is 7.10. The number of esters is 1. The second-order valence-corrected chi connectivity index (χ2v) is 6.85. The Bertz CT molecular complexity index is 432. The smallest absolute Gasteiger partial charge is 0.334 e. The van der Waals surface area contributed by atoms with Gasteiger partial charge in [0, 0.05) is 11.5 Å². The molecule has 19 heavy (non-hydrogen) atoms. The molecule has 3 aliphatic rings. The van der Waals surface area contributed by atoms with Crippen LogP contribution in [-0.4, -0.2) is 34.5 Å². The van der Waals surface area contributed by atoms with Gasteiger partial charge in [0.05, 0.1) is 12.2 Å². The maximum absolute atomic E-state index is 11.7. The molecule has 0 spiro atoms. The molecule has 0 aromatic carbocycles. The van der Waals surface area contributed by atoms with Crippen molar-refractivity contribution in [3.63, 3.8) is 0 Å². The Morgan fingerprint density at radius 2 is 2.05 bits per heavy atom. The monoisotopic (exact) mass is 266 g/mol. The molecule has 0 aromatic heterocycles. The zero-order valence-electron chi connectivity index (χ0n) is 11.5. The summed E-state index contributed by atoms with van der Waals surface area (Å²) in [7, 11) is 0. The summed E-state index contributed by atoms with van der Waals surface area (Å²) in [6.07, 6.45) is 0.646. The molecule has 3 fully saturated rings. The Kier molecular flexibility index (Phi) is 2.81. The molecule has 1 aliphatic heterocycles. The predicted octanol–water partition coefficient (Wildman–Crippen LogP) is 1.26. The quantitative estimate of drug-likeness (QED) is 0.512. The van der Waals surface area contributed by atoms with E-state index in [9.17, 15) is 15.0 Å². The molecule has 0 aromatic rings. The van der Waals surface area contributed by atoms with Gasteiger partial charge in [-0.3, -0.25) is 0 Å². The van der Waals surface area contributed by atoms with Crippen molar-refractivity contribution in [3.05, 3.63) is 12.2 Å². The molecule has 2 N–H and O–H groups in total. The van der Waals surface area contributed by atoms with Crippen LogP contribution in [0.15, 0.2) is 12.2 Å². The van der Waals surface area contributed by atoms with Crippen LogP contribution in [0.4, 0.5) is 0 Å². The molecule has 106 valence electrons. The summed E-state index contributed by atoms with van der Waals surface area (Å²) in [5, 5.41) is 20.4. The van der Waals surface area contributed by atoms with E-state index in [-0.39, 0.29) is 29.3 Å². The lowest BCUT2D eigenvalue weighted by Gasteiger charge is -2.36. The van der Waals surface area contributed by atoms with E-state index in [1.165, 1.54) is 0 Å². The van der Waals surface area contributed by atoms with E-state index >= 15 is 0 Å². The number of carbonyl (C=O) groups is 1. The number of fused-ring (bicyclic) bond motifs is 2. The van der Waals surface area contributed by atoms with Gasteiger partial charge in [0.1, 0.15) is 6.10 Å². The van der Waals surface area contributed by atoms with E-state index in [4.69, 9.17) is 4.74 Å². The topological polar surface area (TPSA) is 66.8 Å². The Labute approximate surface area is 113 Å². The van der Waals surface area contributed by atoms with Crippen LogP contribution in [0.3, 0.4) is 0 Å². The molecule has 1 saturated heterocycles. The maximum atomic E-state index is 11.7. The van der Waals surface area contributed by atoms with Crippen molar-refractivity contribution >= 4 is 5.97 Å². The minimum atomic E-state index is -0.720. The highest BCUT2D eigenvalue weighted by Crippen LogP contribution is 2.56. The molecule has 4 nitrogen and oxygen atoms in total. The molecule has 0 radical (unpaired) electrons. The lowest BCUT2D eigenvalue weighted by Crippen LogP contribution is -2.38. The third kappa shape index (κ3) is 1.69. The second-order valence-electron chi connectivity index (χ2n) is 6.85. The molecule has 4 unspecified atom stereocenters. The fourth-order valence-electron chi connectivity index (χ4n) is 4.61. The minimum absolute atomic E-state index is 0.00935. The number of hydrogen-bond acceptors (Lipinski definition) is 4. The standard InChI is InChI=1S/C15H22O4/c1-7-4-12-9(8(2)14(18)19-12)6-15(3)10(7)5-11(16)13(15)17/h7,9-13,16-17H,2,4-6H2,1,3H3/t7?,9?,10-,11+,12?,13+,15?/m1/s1. The summed E-state index contributed by atoms with van der Waals surface area (Å²) in [5.41, 5.74) is 0.183. The summed E-state index contributed by atoms with van der Waals surface area (Å²) >= 11 is 0. The van der Waals surface area contributed by atoms with Crippen molar-refractivity contribution in [2.45, 2.75) is 51.4 Å². The maximum Gasteiger partial charge on any atom is 0.334 e. The molecule has 7 atom stereocenters. The lowest BCUT2D eigenvalue weighted by molar-refractivity contribution is -0.139. The summed E-state index contributed by atoms with van der Waals surface area (Å²) in [6.45, 7) is 8.02. The van der Waals surface area contributed by atoms with Crippen LogP contribution in [0.2, 0.25) is 0 Å². The van der Waals surface area contributed by atoms with Crippen molar-refractivity contribution in [2.24, 2.45) is 23.2 Å². The minimum Gasteiger partial charge on any atom is -0.458 e. The van der Waals surface area contributed by atoms with Crippen molar-refractivity contribution in [2.75, 3.05) is 0 Å². The molecule has 4 heteroatoms. The van der Waals surface area contributed by atoms with Crippen LogP contribution < -0.4 is 0 Å². The van der Waals surface area contributed by atoms with Gasteiger partial charge in [-0.15, -0.1) is 0 Å². The number of ether oxygens (including phenoxy) is 1. The van der Waals surface area contributed by atoms with Gasteiger partial charge in [0.15, 0.2) is 0 Å². The Morgan fingerprint density at radius 3 is 2.74 bits per heavy atom. The number of rotatable bonds is 0. The molecule has 1 heterocycles. The fourth-order valence-corrected chi connectivity index (χ4v) is 4.61. The highest BCUT2D eigenvalue weighted by atomic mass is 16.6. The lowest BCUT2D eigenvalue weighted by atomic mass is 9.69. The van der Waals surface area contributed by atoms with Gasteiger partial charge in [-0.05, 0) is 36.5 Å². The normalized spacial score (nSPS) is 53.5. The van der Waals surface area contributed by atoms with Gasteiger partial charge in [-0.25, -0.2) is 4.79 Å². The van der Waals surface area contributed by atoms with Crippen LogP contribution in [0.1, 0.15) is 33.1 Å². The van der Waals surface area contributed by atoms with E-state index in [0.29, 0.717) is 24.3 Å². The van der Waals surface area contributed by atoms with Gasteiger partial charge in [-0.1, -0.05) is 20.4 Å². The van der Waals surface area contributed by atoms with Crippen LogP contribution in [0, 0.1) is 23.2 Å². The molecular formula is C15H22O4. The number of aliphatic hydroxyl groups excluding tert-OH is 2. The summed E-state index contributed by atoms with van der Waals surface area (Å²) < 4.78 is 5.42. The van der Waals surface area contributed by atoms with Crippen LogP contribution >= 0.6 is 0 Å². The number of carbonyl (C=O) groups excluding carboxylic acids is 1. The van der Waals surface area contributed by atoms with Crippen molar-refractivity contribution in [3.8, 4) is 0 Å². The van der Waals surface area contributed by atoms with E-state index in [1.54, 1.807) is 0 Å². The van der Waals surface area contributed by atoms with E-state index < -0.39 is 12.2 Å². The van der Waals surface area contributed by atoms with Crippen molar-refractivity contribution in [1.82, 2.24) is 0 Å². The molecule has 0 amide bonds. The van der Waals surface area contributed by atoms with E-state index in [0.717, 1.165) is 6.42 Å². The fraction of sp³-hybridized carbons (Fsp3) is 0.800. The van der Waals surface area contributed by atoms with Crippen LogP contribution in [0.5, 0.6) is 0 Å². The molecular weight excluding hydrogens is 244 g/mol.